The first-order chi connectivity index (χ1) is 16.3. The Balaban J connectivity index is 2.00. The molecular weight excluding hydrogens is 400 g/mol. The van der Waals surface area contributed by atoms with Crippen molar-refractivity contribution in [2.24, 2.45) is 0 Å². The molecule has 2 heteroatoms. The fourth-order valence-corrected chi connectivity index (χ4v) is 5.34. The van der Waals surface area contributed by atoms with Crippen molar-refractivity contribution in [3.05, 3.63) is 12.4 Å². The van der Waals surface area contributed by atoms with Crippen LogP contribution < -0.4 is 0 Å². The van der Waals surface area contributed by atoms with E-state index < -0.39 is 0 Å². The van der Waals surface area contributed by atoms with E-state index in [4.69, 9.17) is 0 Å². The number of nitrogens with zero attached hydrogens (tertiary/aromatic N) is 2. The summed E-state index contributed by atoms with van der Waals surface area (Å²) in [7, 11) is 0. The number of hydrogen-bond donors (Lipinski definition) is 0. The lowest BCUT2D eigenvalue weighted by molar-refractivity contribution is 0.138. The Morgan fingerprint density at radius 3 is 1.00 bits per heavy atom. The molecule has 1 heterocycles. The molecule has 0 aromatic carbocycles. The summed E-state index contributed by atoms with van der Waals surface area (Å²) in [5, 5.41) is 0. The third-order valence-corrected chi connectivity index (χ3v) is 7.55. The summed E-state index contributed by atoms with van der Waals surface area (Å²) in [5.41, 5.74) is 0. The Kier molecular flexibility index (Phi) is 21.3. The first-order valence-electron chi connectivity index (χ1n) is 15.5. The molecule has 0 radical (unpaired) electrons. The van der Waals surface area contributed by atoms with Crippen molar-refractivity contribution >= 4 is 0 Å². The maximum Gasteiger partial charge on any atom is 0.101 e. The van der Waals surface area contributed by atoms with Crippen LogP contribution in [0.5, 0.6) is 0 Å². The van der Waals surface area contributed by atoms with Crippen molar-refractivity contribution < 1.29 is 0 Å². The van der Waals surface area contributed by atoms with Crippen LogP contribution in [0.1, 0.15) is 168 Å². The average molecular weight is 463 g/mol. The van der Waals surface area contributed by atoms with E-state index in [0.717, 1.165) is 0 Å². The Labute approximate surface area is 210 Å². The molecule has 1 unspecified atom stereocenters. The fourth-order valence-electron chi connectivity index (χ4n) is 5.34. The number of unbranched alkanes of at least 4 members (excludes halogenated alkanes) is 19. The monoisotopic (exact) mass is 462 g/mol. The zero-order chi connectivity index (χ0) is 23.8. The van der Waals surface area contributed by atoms with Gasteiger partial charge < -0.3 is 9.80 Å². The van der Waals surface area contributed by atoms with Crippen LogP contribution in [0.2, 0.25) is 0 Å². The van der Waals surface area contributed by atoms with Gasteiger partial charge in [0.25, 0.3) is 0 Å². The molecule has 1 aliphatic rings. The third-order valence-electron chi connectivity index (χ3n) is 7.55. The second-order valence-electron chi connectivity index (χ2n) is 10.8. The molecule has 2 nitrogen and oxygen atoms in total. The van der Waals surface area contributed by atoms with Gasteiger partial charge in [0.2, 0.25) is 0 Å². The van der Waals surface area contributed by atoms with E-state index in [-0.39, 0.29) is 0 Å². The van der Waals surface area contributed by atoms with Crippen molar-refractivity contribution in [1.82, 2.24) is 9.80 Å². The van der Waals surface area contributed by atoms with Gasteiger partial charge in [-0.15, -0.1) is 0 Å². The van der Waals surface area contributed by atoms with Gasteiger partial charge >= 0.3 is 0 Å². The van der Waals surface area contributed by atoms with Crippen LogP contribution in [0, 0.1) is 0 Å². The molecule has 0 fully saturated rings. The normalized spacial score (nSPS) is 15.8. The quantitative estimate of drug-likeness (QED) is 0.124. The largest absolute Gasteiger partial charge is 0.356 e. The molecule has 0 amide bonds. The van der Waals surface area contributed by atoms with Gasteiger partial charge in [0.15, 0.2) is 0 Å². The molecule has 0 aromatic rings. The molecular formula is C31H62N2. The Hall–Kier alpha value is -0.660. The molecule has 1 rings (SSSR count). The lowest BCUT2D eigenvalue weighted by atomic mass is 10.0. The lowest BCUT2D eigenvalue weighted by Crippen LogP contribution is -2.39. The van der Waals surface area contributed by atoms with Crippen molar-refractivity contribution in [3.63, 3.8) is 0 Å². The minimum absolute atomic E-state index is 0.636. The van der Waals surface area contributed by atoms with E-state index in [0.29, 0.717) is 6.17 Å². The van der Waals surface area contributed by atoms with Crippen LogP contribution in [-0.4, -0.2) is 29.1 Å². The van der Waals surface area contributed by atoms with Gasteiger partial charge in [-0.2, -0.15) is 0 Å². The second-order valence-corrected chi connectivity index (χ2v) is 10.8. The van der Waals surface area contributed by atoms with E-state index in [2.05, 4.69) is 43.0 Å². The summed E-state index contributed by atoms with van der Waals surface area (Å²) in [6, 6.07) is 0. The number of hydrogen-bond acceptors (Lipinski definition) is 2. The molecule has 196 valence electrons. The average Bonchev–Trinajstić information content (AvgIpc) is 3.20. The minimum Gasteiger partial charge on any atom is -0.356 e. The summed E-state index contributed by atoms with van der Waals surface area (Å²) in [5.74, 6) is 0. The molecule has 33 heavy (non-hydrogen) atoms. The highest BCUT2D eigenvalue weighted by Crippen LogP contribution is 2.22. The SMILES string of the molecule is CCCCCCCCCCCCCCCN1C=CN(CCCCCCCCCC)C1CCC. The standard InChI is InChI=1S/C31H62N2/c1-4-7-9-11-13-15-16-17-18-19-21-23-25-28-33-30-29-32(31(33)26-6-3)27-24-22-20-14-12-10-8-5-2/h29-31H,4-28H2,1-3H3. The molecule has 1 atom stereocenters. The summed E-state index contributed by atoms with van der Waals surface area (Å²) in [4.78, 5) is 5.29. The minimum atomic E-state index is 0.636. The molecule has 0 saturated heterocycles. The molecule has 0 bridgehead atoms. The highest BCUT2D eigenvalue weighted by Gasteiger charge is 2.24. The van der Waals surface area contributed by atoms with Gasteiger partial charge in [0, 0.05) is 25.5 Å². The van der Waals surface area contributed by atoms with Crippen LogP contribution in [0.3, 0.4) is 0 Å². The molecule has 0 aliphatic carbocycles. The van der Waals surface area contributed by atoms with E-state index >= 15 is 0 Å². The summed E-state index contributed by atoms with van der Waals surface area (Å²) < 4.78 is 0. The van der Waals surface area contributed by atoms with Crippen LogP contribution in [0.25, 0.3) is 0 Å². The van der Waals surface area contributed by atoms with Crippen LogP contribution >= 0.6 is 0 Å². The topological polar surface area (TPSA) is 6.48 Å². The first-order valence-corrected chi connectivity index (χ1v) is 15.5. The molecule has 0 N–H and O–H groups in total. The van der Waals surface area contributed by atoms with Crippen molar-refractivity contribution in [2.75, 3.05) is 13.1 Å². The van der Waals surface area contributed by atoms with Gasteiger partial charge in [0.1, 0.15) is 6.17 Å². The Morgan fingerprint density at radius 1 is 0.394 bits per heavy atom. The zero-order valence-corrected chi connectivity index (χ0v) is 23.3. The van der Waals surface area contributed by atoms with E-state index in [1.54, 1.807) is 0 Å². The van der Waals surface area contributed by atoms with Gasteiger partial charge in [0.05, 0.1) is 0 Å². The maximum absolute atomic E-state index is 2.65. The molecule has 0 spiro atoms. The van der Waals surface area contributed by atoms with Gasteiger partial charge in [-0.1, -0.05) is 149 Å². The first kappa shape index (κ1) is 30.4. The van der Waals surface area contributed by atoms with Crippen LogP contribution in [-0.2, 0) is 0 Å². The van der Waals surface area contributed by atoms with Crippen molar-refractivity contribution in [1.29, 1.82) is 0 Å². The summed E-state index contributed by atoms with van der Waals surface area (Å²) in [6.45, 7) is 9.46. The highest BCUT2D eigenvalue weighted by molar-refractivity contribution is 4.96. The molecule has 0 saturated carbocycles. The van der Waals surface area contributed by atoms with Crippen LogP contribution in [0.15, 0.2) is 12.4 Å². The fraction of sp³-hybridized carbons (Fsp3) is 0.935. The third kappa shape index (κ3) is 16.6. The summed E-state index contributed by atoms with van der Waals surface area (Å²) >= 11 is 0. The van der Waals surface area contributed by atoms with Crippen LogP contribution in [0.4, 0.5) is 0 Å². The zero-order valence-electron chi connectivity index (χ0n) is 23.3. The van der Waals surface area contributed by atoms with E-state index in [1.165, 1.54) is 161 Å². The Bertz CT molecular complexity index is 419. The predicted molar refractivity (Wildman–Crippen MR) is 150 cm³/mol. The highest BCUT2D eigenvalue weighted by atomic mass is 15.4. The second kappa shape index (κ2) is 23.1. The smallest absolute Gasteiger partial charge is 0.101 e. The van der Waals surface area contributed by atoms with Gasteiger partial charge in [-0.3, -0.25) is 0 Å². The van der Waals surface area contributed by atoms with E-state index in [9.17, 15) is 0 Å². The molecule has 0 aromatic heterocycles. The maximum atomic E-state index is 2.65. The lowest BCUT2D eigenvalue weighted by Gasteiger charge is -2.33. The number of rotatable bonds is 25. The predicted octanol–water partition coefficient (Wildman–Crippen LogP) is 10.4. The van der Waals surface area contributed by atoms with Gasteiger partial charge in [-0.05, 0) is 19.3 Å². The Morgan fingerprint density at radius 2 is 0.697 bits per heavy atom. The summed E-state index contributed by atoms with van der Waals surface area (Å²) in [6.07, 6.45) is 38.1. The van der Waals surface area contributed by atoms with Gasteiger partial charge in [-0.25, -0.2) is 0 Å². The van der Waals surface area contributed by atoms with Crippen molar-refractivity contribution in [2.45, 2.75) is 175 Å². The van der Waals surface area contributed by atoms with Crippen molar-refractivity contribution in [3.8, 4) is 0 Å². The van der Waals surface area contributed by atoms with E-state index in [1.807, 2.05) is 0 Å². The molecule has 1 aliphatic heterocycles.